The van der Waals surface area contributed by atoms with E-state index in [1.165, 1.54) is 11.1 Å². The highest BCUT2D eigenvalue weighted by Gasteiger charge is 2.35. The van der Waals surface area contributed by atoms with Crippen molar-refractivity contribution in [3.05, 3.63) is 29.3 Å². The normalized spacial score (nSPS) is 16.1. The van der Waals surface area contributed by atoms with E-state index in [-0.39, 0.29) is 11.6 Å². The van der Waals surface area contributed by atoms with E-state index in [0.29, 0.717) is 0 Å². The fourth-order valence-corrected chi connectivity index (χ4v) is 4.09. The highest BCUT2D eigenvalue weighted by molar-refractivity contribution is 7.92. The lowest BCUT2D eigenvalue weighted by Gasteiger charge is -2.30. The van der Waals surface area contributed by atoms with Crippen molar-refractivity contribution in [1.82, 2.24) is 9.62 Å². The third kappa shape index (κ3) is 5.30. The molecule has 0 radical (unpaired) electrons. The minimum absolute atomic E-state index is 0.144. The summed E-state index contributed by atoms with van der Waals surface area (Å²) in [5.74, 6) is 1.01. The molecule has 1 aromatic carbocycles. The van der Waals surface area contributed by atoms with Gasteiger partial charge in [-0.2, -0.15) is 0 Å². The predicted molar refractivity (Wildman–Crippen MR) is 107 cm³/mol. The van der Waals surface area contributed by atoms with Gasteiger partial charge in [-0.05, 0) is 32.3 Å². The molecule has 26 heavy (non-hydrogen) atoms. The molecule has 0 bridgehead atoms. The smallest absolute Gasteiger partial charge is 0.420 e. The van der Waals surface area contributed by atoms with Crippen molar-refractivity contribution < 1.29 is 13.7 Å². The van der Waals surface area contributed by atoms with Crippen molar-refractivity contribution in [3.8, 4) is 5.75 Å². The van der Waals surface area contributed by atoms with Gasteiger partial charge in [0.25, 0.3) is 0 Å². The molecule has 0 spiro atoms. The van der Waals surface area contributed by atoms with E-state index in [2.05, 4.69) is 55.5 Å². The third-order valence-electron chi connectivity index (χ3n) is 4.54. The number of hydrogen-bond acceptors (Lipinski definition) is 5. The number of amides is 1. The number of benzene rings is 1. The van der Waals surface area contributed by atoms with Crippen molar-refractivity contribution in [2.45, 2.75) is 71.4 Å². The van der Waals surface area contributed by atoms with Crippen molar-refractivity contribution >= 4 is 18.3 Å². The van der Waals surface area contributed by atoms with Gasteiger partial charge in [0, 0.05) is 25.6 Å². The van der Waals surface area contributed by atoms with Gasteiger partial charge in [0.2, 0.25) is 0 Å². The lowest BCUT2D eigenvalue weighted by molar-refractivity contribution is 0.135. The zero-order valence-electron chi connectivity index (χ0n) is 16.6. The molecular formula is C20H32N2O3S. The Morgan fingerprint density at radius 1 is 1.38 bits per heavy atom. The molecule has 0 fully saturated rings. The van der Waals surface area contributed by atoms with E-state index in [0.717, 1.165) is 56.6 Å². The number of rotatable bonds is 9. The van der Waals surface area contributed by atoms with Gasteiger partial charge in [0.1, 0.15) is 11.4 Å². The number of unbranched alkanes of at least 4 members (excludes halogenated alkanes) is 1. The van der Waals surface area contributed by atoms with Gasteiger partial charge >= 0.3 is 6.09 Å². The van der Waals surface area contributed by atoms with Crippen LogP contribution in [-0.2, 0) is 10.6 Å². The van der Waals surface area contributed by atoms with Crippen molar-refractivity contribution in [2.75, 3.05) is 13.6 Å². The zero-order valence-corrected chi connectivity index (χ0v) is 17.4. The van der Waals surface area contributed by atoms with Crippen LogP contribution in [0.2, 0.25) is 0 Å². The first-order valence-electron chi connectivity index (χ1n) is 9.55. The maximum atomic E-state index is 11.6. The van der Waals surface area contributed by atoms with Gasteiger partial charge in [-0.3, -0.25) is 0 Å². The summed E-state index contributed by atoms with van der Waals surface area (Å²) >= 11 is 1.15. The Morgan fingerprint density at radius 3 is 2.81 bits per heavy atom. The number of para-hydroxylation sites is 1. The van der Waals surface area contributed by atoms with Gasteiger partial charge < -0.3 is 14.2 Å². The number of hydrogen-bond donors (Lipinski definition) is 1. The van der Waals surface area contributed by atoms with Crippen LogP contribution < -0.4 is 10.1 Å². The van der Waals surface area contributed by atoms with Crippen LogP contribution in [0.15, 0.2) is 18.2 Å². The Balaban J connectivity index is 2.30. The largest absolute Gasteiger partial charge is 0.487 e. The van der Waals surface area contributed by atoms with Gasteiger partial charge in [-0.25, -0.2) is 9.10 Å². The monoisotopic (exact) mass is 380 g/mol. The molecule has 5 nitrogen and oxygen atoms in total. The number of nitrogens with zero attached hydrogens (tertiary/aromatic N) is 1. The Morgan fingerprint density at radius 2 is 2.15 bits per heavy atom. The number of fused-ring (bicyclic) bond motifs is 1. The van der Waals surface area contributed by atoms with Crippen LogP contribution in [0.25, 0.3) is 0 Å². The van der Waals surface area contributed by atoms with Crippen molar-refractivity contribution in [2.24, 2.45) is 0 Å². The molecule has 0 aromatic heterocycles. The Labute approximate surface area is 162 Å². The fraction of sp³-hybridized carbons (Fsp3) is 0.650. The van der Waals surface area contributed by atoms with Crippen LogP contribution in [0.5, 0.6) is 5.75 Å². The van der Waals surface area contributed by atoms with Crippen LogP contribution in [-0.4, -0.2) is 29.6 Å². The highest BCUT2D eigenvalue weighted by Crippen LogP contribution is 2.44. The summed E-state index contributed by atoms with van der Waals surface area (Å²) in [5, 5.41) is 2.51. The average molecular weight is 381 g/mol. The Kier molecular flexibility index (Phi) is 7.65. The zero-order chi connectivity index (χ0) is 19.2. The summed E-state index contributed by atoms with van der Waals surface area (Å²) in [6.07, 6.45) is 4.65. The first-order valence-corrected chi connectivity index (χ1v) is 10.3. The van der Waals surface area contributed by atoms with E-state index in [9.17, 15) is 4.79 Å². The summed E-state index contributed by atoms with van der Waals surface area (Å²) in [4.78, 5) is 11.6. The molecule has 1 N–H and O–H groups in total. The van der Waals surface area contributed by atoms with Gasteiger partial charge in [0.15, 0.2) is 12.2 Å². The first-order chi connectivity index (χ1) is 12.4. The molecule has 1 heterocycles. The maximum absolute atomic E-state index is 11.6. The number of nitrogens with one attached hydrogen (secondary N) is 1. The summed E-state index contributed by atoms with van der Waals surface area (Å²) in [6, 6.07) is 6.57. The molecule has 2 rings (SSSR count). The molecule has 1 aliphatic heterocycles. The molecular weight excluding hydrogens is 348 g/mol. The second kappa shape index (κ2) is 9.51. The summed E-state index contributed by atoms with van der Waals surface area (Å²) in [5.41, 5.74) is 2.29. The molecule has 0 saturated heterocycles. The fourth-order valence-electron chi connectivity index (χ4n) is 3.31. The van der Waals surface area contributed by atoms with Crippen LogP contribution in [0.3, 0.4) is 0 Å². The summed E-state index contributed by atoms with van der Waals surface area (Å²) < 4.78 is 13.8. The summed E-state index contributed by atoms with van der Waals surface area (Å²) in [7, 11) is 1.57. The molecule has 6 heteroatoms. The standard InChI is InChI=1S/C20H32N2O3S/c1-6-8-13-22(26-25-19(23)21-5)17(10-7-2)16-12-9-11-15-14-20(3,4)24-18(15)16/h9,11-12,17H,6-8,10,13-14H2,1-5H3,(H,21,23). The molecule has 146 valence electrons. The van der Waals surface area contributed by atoms with E-state index >= 15 is 0 Å². The maximum Gasteiger partial charge on any atom is 0.420 e. The number of ether oxygens (including phenoxy) is 1. The molecule has 1 aromatic rings. The SMILES string of the molecule is CCCCN(SOC(=O)NC)C(CCC)c1cccc2c1OC(C)(C)C2. The minimum atomic E-state index is -0.428. The summed E-state index contributed by atoms with van der Waals surface area (Å²) in [6.45, 7) is 9.47. The van der Waals surface area contributed by atoms with Gasteiger partial charge in [0.05, 0.1) is 6.04 Å². The topological polar surface area (TPSA) is 50.8 Å². The number of carbonyl (C=O) groups excluding carboxylic acids is 1. The first kappa shape index (κ1) is 20.9. The van der Waals surface area contributed by atoms with Crippen molar-refractivity contribution in [3.63, 3.8) is 0 Å². The third-order valence-corrected chi connectivity index (χ3v) is 5.39. The Bertz CT molecular complexity index is 607. The van der Waals surface area contributed by atoms with Crippen molar-refractivity contribution in [1.29, 1.82) is 0 Å². The molecule has 1 amide bonds. The quantitative estimate of drug-likeness (QED) is 0.468. The number of carbonyl (C=O) groups is 1. The van der Waals surface area contributed by atoms with Gasteiger partial charge in [-0.15, -0.1) is 0 Å². The molecule has 1 atom stereocenters. The van der Waals surface area contributed by atoms with E-state index in [4.69, 9.17) is 8.92 Å². The lowest BCUT2D eigenvalue weighted by atomic mass is 9.96. The second-order valence-electron chi connectivity index (χ2n) is 7.37. The predicted octanol–water partition coefficient (Wildman–Crippen LogP) is 5.26. The average Bonchev–Trinajstić information content (AvgIpc) is 2.94. The van der Waals surface area contributed by atoms with Crippen LogP contribution in [0.1, 0.15) is 70.5 Å². The van der Waals surface area contributed by atoms with Crippen LogP contribution in [0.4, 0.5) is 4.79 Å². The second-order valence-corrected chi connectivity index (χ2v) is 8.15. The van der Waals surface area contributed by atoms with Crippen LogP contribution in [0, 0.1) is 0 Å². The molecule has 0 saturated carbocycles. The molecule has 0 aliphatic carbocycles. The molecule has 1 aliphatic rings. The van der Waals surface area contributed by atoms with Crippen LogP contribution >= 0.6 is 12.2 Å². The Hall–Kier alpha value is -1.40. The molecule has 1 unspecified atom stereocenters. The highest BCUT2D eigenvalue weighted by atomic mass is 32.2. The van der Waals surface area contributed by atoms with E-state index in [1.54, 1.807) is 7.05 Å². The van der Waals surface area contributed by atoms with E-state index < -0.39 is 6.09 Å². The van der Waals surface area contributed by atoms with Gasteiger partial charge in [-0.1, -0.05) is 44.9 Å². The van der Waals surface area contributed by atoms with E-state index in [1.807, 2.05) is 0 Å². The minimum Gasteiger partial charge on any atom is -0.487 e. The lowest BCUT2D eigenvalue weighted by Crippen LogP contribution is -2.28.